The third kappa shape index (κ3) is 5.44. The van der Waals surface area contributed by atoms with Crippen LogP contribution in [0.5, 0.6) is 0 Å². The molecule has 0 aliphatic carbocycles. The molecule has 0 aliphatic rings. The molecule has 0 saturated heterocycles. The highest BCUT2D eigenvalue weighted by Gasteiger charge is 2.13. The van der Waals surface area contributed by atoms with Crippen LogP contribution in [0.3, 0.4) is 0 Å². The van der Waals surface area contributed by atoms with E-state index in [9.17, 15) is 8.78 Å². The molecule has 11 heavy (non-hydrogen) atoms. The molecule has 0 rings (SSSR count). The van der Waals surface area contributed by atoms with Gasteiger partial charge in [-0.2, -0.15) is 11.8 Å². The van der Waals surface area contributed by atoms with Gasteiger partial charge in [0.05, 0.1) is 6.04 Å². The first-order valence-corrected chi connectivity index (χ1v) is 4.91. The van der Waals surface area contributed by atoms with Crippen LogP contribution in [0.25, 0.3) is 0 Å². The Morgan fingerprint density at radius 3 is 2.27 bits per heavy atom. The maximum Gasteiger partial charge on any atom is 0.253 e. The molecule has 1 N–H and O–H groups in total. The molecule has 0 aromatic rings. The first kappa shape index (κ1) is 11.2. The summed E-state index contributed by atoms with van der Waals surface area (Å²) in [6.45, 7) is 4.15. The number of hydrogen-bond acceptors (Lipinski definition) is 2. The Labute approximate surface area is 70.9 Å². The number of thioether (sulfide) groups is 1. The molecule has 68 valence electrons. The van der Waals surface area contributed by atoms with Crippen molar-refractivity contribution in [3.8, 4) is 0 Å². The Morgan fingerprint density at radius 2 is 1.91 bits per heavy atom. The molecule has 4 heteroatoms. The zero-order valence-electron chi connectivity index (χ0n) is 7.10. The van der Waals surface area contributed by atoms with Gasteiger partial charge < -0.3 is 5.32 Å². The molecule has 2 atom stereocenters. The van der Waals surface area contributed by atoms with Gasteiger partial charge in [0.15, 0.2) is 0 Å². The largest absolute Gasteiger partial charge is 0.308 e. The van der Waals surface area contributed by atoms with Crippen LogP contribution in [0.1, 0.15) is 13.8 Å². The molecule has 2 unspecified atom stereocenters. The normalized spacial score (nSPS) is 16.9. The summed E-state index contributed by atoms with van der Waals surface area (Å²) in [7, 11) is 0. The first-order valence-electron chi connectivity index (χ1n) is 3.62. The van der Waals surface area contributed by atoms with Crippen molar-refractivity contribution in [1.29, 1.82) is 0 Å². The minimum absolute atomic E-state index is 0.399. The van der Waals surface area contributed by atoms with Crippen LogP contribution in [0.2, 0.25) is 0 Å². The van der Waals surface area contributed by atoms with Crippen LogP contribution < -0.4 is 5.32 Å². The summed E-state index contributed by atoms with van der Waals surface area (Å²) in [6, 6.07) is -0.690. The minimum atomic E-state index is -2.26. The molecule has 0 spiro atoms. The summed E-state index contributed by atoms with van der Waals surface area (Å²) in [5.74, 6) is 0. The van der Waals surface area contributed by atoms with Gasteiger partial charge in [-0.1, -0.05) is 6.92 Å². The zero-order valence-corrected chi connectivity index (χ0v) is 7.92. The summed E-state index contributed by atoms with van der Waals surface area (Å²) in [5.41, 5.74) is 0. The van der Waals surface area contributed by atoms with Crippen LogP contribution in [-0.2, 0) is 0 Å². The highest BCUT2D eigenvalue weighted by atomic mass is 32.2. The molecule has 0 fully saturated rings. The molecule has 0 amide bonds. The number of halogens is 2. The van der Waals surface area contributed by atoms with E-state index in [4.69, 9.17) is 0 Å². The Hall–Kier alpha value is 0.170. The maximum atomic E-state index is 11.9. The summed E-state index contributed by atoms with van der Waals surface area (Å²) in [6.07, 6.45) is -0.289. The van der Waals surface area contributed by atoms with E-state index in [2.05, 4.69) is 5.32 Å². The van der Waals surface area contributed by atoms with Gasteiger partial charge in [-0.3, -0.25) is 0 Å². The second-order valence-corrected chi connectivity index (χ2v) is 3.85. The lowest BCUT2D eigenvalue weighted by Crippen LogP contribution is -2.36. The van der Waals surface area contributed by atoms with Gasteiger partial charge >= 0.3 is 0 Å². The van der Waals surface area contributed by atoms with E-state index in [1.807, 2.05) is 13.2 Å². The molecule has 0 radical (unpaired) electrons. The highest BCUT2D eigenvalue weighted by Crippen LogP contribution is 2.05. The van der Waals surface area contributed by atoms with E-state index in [1.54, 1.807) is 11.8 Å². The van der Waals surface area contributed by atoms with Crippen molar-refractivity contribution < 1.29 is 8.78 Å². The van der Waals surface area contributed by atoms with Gasteiger partial charge in [-0.15, -0.1) is 0 Å². The number of rotatable bonds is 5. The van der Waals surface area contributed by atoms with Gasteiger partial charge in [-0.25, -0.2) is 8.78 Å². The monoisotopic (exact) mass is 183 g/mol. The van der Waals surface area contributed by atoms with E-state index in [0.717, 1.165) is 0 Å². The Bertz CT molecular complexity index is 100. The average Bonchev–Trinajstić information content (AvgIpc) is 1.99. The van der Waals surface area contributed by atoms with Crippen molar-refractivity contribution in [3.63, 3.8) is 0 Å². The maximum absolute atomic E-state index is 11.9. The molecule has 1 nitrogen and oxygen atoms in total. The summed E-state index contributed by atoms with van der Waals surface area (Å²) < 4.78 is 23.8. The second kappa shape index (κ2) is 5.77. The van der Waals surface area contributed by atoms with Crippen molar-refractivity contribution in [2.24, 2.45) is 0 Å². The molecule has 0 aromatic carbocycles. The molecule has 0 aromatic heterocycles. The predicted molar refractivity (Wildman–Crippen MR) is 46.4 cm³/mol. The molecular weight excluding hydrogens is 168 g/mol. The fraction of sp³-hybridized carbons (Fsp3) is 1.00. The lowest BCUT2D eigenvalue weighted by atomic mass is 10.3. The van der Waals surface area contributed by atoms with Crippen molar-refractivity contribution >= 4 is 11.8 Å². The van der Waals surface area contributed by atoms with Gasteiger partial charge in [-0.05, 0) is 13.2 Å². The van der Waals surface area contributed by atoms with Crippen LogP contribution in [0.4, 0.5) is 8.78 Å². The van der Waals surface area contributed by atoms with Gasteiger partial charge in [0.1, 0.15) is 0 Å². The third-order valence-corrected chi connectivity index (χ3v) is 2.48. The predicted octanol–water partition coefficient (Wildman–Crippen LogP) is 1.98. The summed E-state index contributed by atoms with van der Waals surface area (Å²) >= 11 is 1.67. The Kier molecular flexibility index (Phi) is 5.86. The smallest absolute Gasteiger partial charge is 0.253 e. The standard InChI is InChI=1S/C7H15F2NS/c1-5(11-3)4-10-6(2)7(8)9/h5-7,10H,4H2,1-3H3. The highest BCUT2D eigenvalue weighted by molar-refractivity contribution is 7.99. The Morgan fingerprint density at radius 1 is 1.36 bits per heavy atom. The van der Waals surface area contributed by atoms with Crippen molar-refractivity contribution in [1.82, 2.24) is 5.32 Å². The lowest BCUT2D eigenvalue weighted by molar-refractivity contribution is 0.106. The topological polar surface area (TPSA) is 12.0 Å². The van der Waals surface area contributed by atoms with Crippen molar-refractivity contribution in [2.45, 2.75) is 31.6 Å². The van der Waals surface area contributed by atoms with E-state index in [0.29, 0.717) is 11.8 Å². The Balaban J connectivity index is 3.37. The fourth-order valence-electron chi connectivity index (χ4n) is 0.524. The first-order chi connectivity index (χ1) is 5.07. The summed E-state index contributed by atoms with van der Waals surface area (Å²) in [5, 5.41) is 3.16. The SMILES string of the molecule is CSC(C)CNC(C)C(F)F. The van der Waals surface area contributed by atoms with E-state index in [-0.39, 0.29) is 0 Å². The molecule has 0 heterocycles. The molecular formula is C7H15F2NS. The van der Waals surface area contributed by atoms with Gasteiger partial charge in [0.25, 0.3) is 6.43 Å². The second-order valence-electron chi connectivity index (χ2n) is 2.58. The van der Waals surface area contributed by atoms with E-state index in [1.165, 1.54) is 6.92 Å². The van der Waals surface area contributed by atoms with Crippen LogP contribution >= 0.6 is 11.8 Å². The quantitative estimate of drug-likeness (QED) is 0.699. The van der Waals surface area contributed by atoms with Crippen LogP contribution in [0.15, 0.2) is 0 Å². The fourth-order valence-corrected chi connectivity index (χ4v) is 0.787. The minimum Gasteiger partial charge on any atom is -0.308 e. The number of alkyl halides is 2. The summed E-state index contributed by atoms with van der Waals surface area (Å²) in [4.78, 5) is 0. The number of hydrogen-bond donors (Lipinski definition) is 1. The van der Waals surface area contributed by atoms with E-state index >= 15 is 0 Å². The van der Waals surface area contributed by atoms with Crippen LogP contribution in [-0.4, -0.2) is 30.5 Å². The van der Waals surface area contributed by atoms with Gasteiger partial charge in [0.2, 0.25) is 0 Å². The van der Waals surface area contributed by atoms with Crippen molar-refractivity contribution in [3.05, 3.63) is 0 Å². The van der Waals surface area contributed by atoms with Gasteiger partial charge in [0, 0.05) is 11.8 Å². The molecule has 0 aliphatic heterocycles. The van der Waals surface area contributed by atoms with E-state index < -0.39 is 12.5 Å². The average molecular weight is 183 g/mol. The van der Waals surface area contributed by atoms with Crippen molar-refractivity contribution in [2.75, 3.05) is 12.8 Å². The lowest BCUT2D eigenvalue weighted by Gasteiger charge is -2.15. The zero-order chi connectivity index (χ0) is 8.85. The van der Waals surface area contributed by atoms with Crippen LogP contribution in [0, 0.1) is 0 Å². The third-order valence-electron chi connectivity index (χ3n) is 1.51. The molecule has 0 saturated carbocycles. The molecule has 0 bridgehead atoms. The number of nitrogens with one attached hydrogen (secondary N) is 1.